The van der Waals surface area contributed by atoms with E-state index in [9.17, 15) is 9.18 Å². The minimum atomic E-state index is -0.620. The summed E-state index contributed by atoms with van der Waals surface area (Å²) in [6, 6.07) is 1.38. The quantitative estimate of drug-likeness (QED) is 0.767. The zero-order valence-electron chi connectivity index (χ0n) is 10.9. The number of hydrogen-bond acceptors (Lipinski definition) is 3. The summed E-state index contributed by atoms with van der Waals surface area (Å²) < 4.78 is 13.6. The van der Waals surface area contributed by atoms with Crippen LogP contribution in [0.5, 0.6) is 0 Å². The largest absolute Gasteiger partial charge is 0.277 e. The third-order valence-corrected chi connectivity index (χ3v) is 3.69. The maximum Gasteiger partial charge on any atom is 0.277 e. The lowest BCUT2D eigenvalue weighted by atomic mass is 9.86. The molecule has 0 aromatic carbocycles. The summed E-state index contributed by atoms with van der Waals surface area (Å²) in [5, 5.41) is 5.62. The van der Waals surface area contributed by atoms with Gasteiger partial charge in [0.2, 0.25) is 0 Å². The molecule has 96 valence electrons. The first-order chi connectivity index (χ1) is 8.35. The lowest BCUT2D eigenvalue weighted by Gasteiger charge is -2.32. The summed E-state index contributed by atoms with van der Waals surface area (Å²) in [5.74, 6) is -0.902. The van der Waals surface area contributed by atoms with Crippen LogP contribution in [0.15, 0.2) is 23.6 Å². The van der Waals surface area contributed by atoms with Crippen molar-refractivity contribution in [3.63, 3.8) is 0 Å². The molecule has 0 fully saturated rings. The van der Waals surface area contributed by atoms with Crippen LogP contribution in [-0.4, -0.2) is 27.2 Å². The van der Waals surface area contributed by atoms with Crippen LogP contribution in [0, 0.1) is 11.7 Å². The van der Waals surface area contributed by atoms with Gasteiger partial charge in [0.25, 0.3) is 5.91 Å². The van der Waals surface area contributed by atoms with Gasteiger partial charge in [0, 0.05) is 17.8 Å². The number of halogens is 1. The first-order valence-electron chi connectivity index (χ1n) is 5.85. The van der Waals surface area contributed by atoms with Crippen molar-refractivity contribution in [2.24, 2.45) is 11.0 Å². The van der Waals surface area contributed by atoms with Gasteiger partial charge in [-0.2, -0.15) is 5.10 Å². The van der Waals surface area contributed by atoms with Gasteiger partial charge in [0.05, 0.1) is 17.3 Å². The summed E-state index contributed by atoms with van der Waals surface area (Å²) >= 11 is 0. The molecule has 1 aromatic rings. The molecule has 1 atom stereocenters. The van der Waals surface area contributed by atoms with Crippen molar-refractivity contribution in [3.8, 4) is 0 Å². The second-order valence-corrected chi connectivity index (χ2v) is 5.09. The lowest BCUT2D eigenvalue weighted by molar-refractivity contribution is 0.0555. The van der Waals surface area contributed by atoms with Gasteiger partial charge >= 0.3 is 0 Å². The van der Waals surface area contributed by atoms with Crippen LogP contribution in [0.3, 0.4) is 0 Å². The van der Waals surface area contributed by atoms with Crippen molar-refractivity contribution >= 4 is 11.6 Å². The molecule has 1 aliphatic rings. The van der Waals surface area contributed by atoms with Crippen LogP contribution < -0.4 is 0 Å². The van der Waals surface area contributed by atoms with Gasteiger partial charge < -0.3 is 0 Å². The molecule has 0 spiro atoms. The Bertz CT molecular complexity index is 525. The standard InChI is InChI=1S/C13H16FN3O/c1-8-9(2)16-17(13(8,3)4)12(18)10-5-6-15-7-11(10)14/h5-8H,1-4H3/t8-/m1/s1. The molecule has 5 heteroatoms. The first kappa shape index (κ1) is 12.7. The summed E-state index contributed by atoms with van der Waals surface area (Å²) in [7, 11) is 0. The van der Waals surface area contributed by atoms with Gasteiger partial charge in [-0.05, 0) is 26.8 Å². The third-order valence-electron chi connectivity index (χ3n) is 3.69. The monoisotopic (exact) mass is 249 g/mol. The molecule has 0 saturated carbocycles. The third kappa shape index (κ3) is 1.79. The number of carbonyl (C=O) groups is 1. The summed E-state index contributed by atoms with van der Waals surface area (Å²) in [5.41, 5.74) is 0.434. The molecule has 1 amide bonds. The number of rotatable bonds is 1. The number of hydrazone groups is 1. The second kappa shape index (κ2) is 4.15. The Balaban J connectivity index is 2.39. The zero-order valence-corrected chi connectivity index (χ0v) is 10.9. The van der Waals surface area contributed by atoms with Crippen molar-refractivity contribution in [1.82, 2.24) is 9.99 Å². The topological polar surface area (TPSA) is 45.6 Å². The van der Waals surface area contributed by atoms with Gasteiger partial charge in [-0.15, -0.1) is 0 Å². The molecule has 18 heavy (non-hydrogen) atoms. The van der Waals surface area contributed by atoms with Crippen molar-refractivity contribution < 1.29 is 9.18 Å². The zero-order chi connectivity index (χ0) is 13.5. The molecule has 2 heterocycles. The molecule has 1 aromatic heterocycles. The number of hydrogen-bond donors (Lipinski definition) is 0. The molecule has 0 aliphatic carbocycles. The van der Waals surface area contributed by atoms with E-state index in [2.05, 4.69) is 10.1 Å². The van der Waals surface area contributed by atoms with E-state index in [1.54, 1.807) is 0 Å². The Morgan fingerprint density at radius 2 is 2.17 bits per heavy atom. The van der Waals surface area contributed by atoms with E-state index in [1.807, 2.05) is 27.7 Å². The van der Waals surface area contributed by atoms with E-state index in [-0.39, 0.29) is 11.5 Å². The van der Waals surface area contributed by atoms with E-state index in [1.165, 1.54) is 17.3 Å². The predicted molar refractivity (Wildman–Crippen MR) is 66.7 cm³/mol. The molecule has 4 nitrogen and oxygen atoms in total. The minimum absolute atomic E-state index is 0.00345. The van der Waals surface area contributed by atoms with Gasteiger partial charge in [-0.1, -0.05) is 6.92 Å². The fourth-order valence-electron chi connectivity index (χ4n) is 2.04. The number of amides is 1. The molecule has 0 bridgehead atoms. The SMILES string of the molecule is CC1=NN(C(=O)c2ccncc2F)C(C)(C)[C@@H]1C. The molecule has 0 N–H and O–H groups in total. The highest BCUT2D eigenvalue weighted by atomic mass is 19.1. The van der Waals surface area contributed by atoms with Crippen molar-refractivity contribution in [3.05, 3.63) is 29.8 Å². The number of pyridine rings is 1. The number of aromatic nitrogens is 1. The smallest absolute Gasteiger partial charge is 0.267 e. The fraction of sp³-hybridized carbons (Fsp3) is 0.462. The fourth-order valence-corrected chi connectivity index (χ4v) is 2.04. The number of nitrogens with zero attached hydrogens (tertiary/aromatic N) is 3. The van der Waals surface area contributed by atoms with Crippen LogP contribution in [0.1, 0.15) is 38.1 Å². The molecular weight excluding hydrogens is 233 g/mol. The molecule has 0 unspecified atom stereocenters. The molecule has 0 saturated heterocycles. The summed E-state index contributed by atoms with van der Waals surface area (Å²) in [4.78, 5) is 16.0. The van der Waals surface area contributed by atoms with Crippen molar-refractivity contribution in [2.45, 2.75) is 33.2 Å². The number of carbonyl (C=O) groups excluding carboxylic acids is 1. The van der Waals surface area contributed by atoms with Crippen LogP contribution in [0.4, 0.5) is 4.39 Å². The van der Waals surface area contributed by atoms with Gasteiger partial charge in [-0.3, -0.25) is 9.78 Å². The van der Waals surface area contributed by atoms with E-state index >= 15 is 0 Å². The maximum atomic E-state index is 13.6. The first-order valence-corrected chi connectivity index (χ1v) is 5.85. The Kier molecular flexibility index (Phi) is 2.92. The highest BCUT2D eigenvalue weighted by Crippen LogP contribution is 2.33. The average molecular weight is 249 g/mol. The van der Waals surface area contributed by atoms with Gasteiger partial charge in [-0.25, -0.2) is 9.40 Å². The highest BCUT2D eigenvalue weighted by Gasteiger charge is 2.43. The van der Waals surface area contributed by atoms with E-state index < -0.39 is 17.3 Å². The average Bonchev–Trinajstić information content (AvgIpc) is 2.53. The van der Waals surface area contributed by atoms with Gasteiger partial charge in [0.1, 0.15) is 0 Å². The molecule has 2 rings (SSSR count). The molecule has 1 aliphatic heterocycles. The Morgan fingerprint density at radius 1 is 1.50 bits per heavy atom. The van der Waals surface area contributed by atoms with Crippen LogP contribution in [-0.2, 0) is 0 Å². The summed E-state index contributed by atoms with van der Waals surface area (Å²) in [6.07, 6.45) is 2.44. The van der Waals surface area contributed by atoms with Crippen molar-refractivity contribution in [2.75, 3.05) is 0 Å². The minimum Gasteiger partial charge on any atom is -0.267 e. The Labute approximate surface area is 106 Å². The normalized spacial score (nSPS) is 21.9. The molecule has 0 radical (unpaired) electrons. The van der Waals surface area contributed by atoms with Gasteiger partial charge in [0.15, 0.2) is 5.82 Å². The lowest BCUT2D eigenvalue weighted by Crippen LogP contribution is -2.45. The van der Waals surface area contributed by atoms with Crippen LogP contribution in [0.2, 0.25) is 0 Å². The van der Waals surface area contributed by atoms with E-state index in [4.69, 9.17) is 0 Å². The second-order valence-electron chi connectivity index (χ2n) is 5.09. The summed E-state index contributed by atoms with van der Waals surface area (Å²) in [6.45, 7) is 7.74. The predicted octanol–water partition coefficient (Wildman–Crippen LogP) is 2.47. The Morgan fingerprint density at radius 3 is 2.67 bits per heavy atom. The van der Waals surface area contributed by atoms with E-state index in [0.717, 1.165) is 11.9 Å². The van der Waals surface area contributed by atoms with Crippen LogP contribution >= 0.6 is 0 Å². The maximum absolute atomic E-state index is 13.6. The molecular formula is C13H16FN3O. The Hall–Kier alpha value is -1.78. The van der Waals surface area contributed by atoms with Crippen LogP contribution in [0.25, 0.3) is 0 Å². The van der Waals surface area contributed by atoms with E-state index in [0.29, 0.717) is 0 Å². The van der Waals surface area contributed by atoms with Crippen molar-refractivity contribution in [1.29, 1.82) is 0 Å². The highest BCUT2D eigenvalue weighted by molar-refractivity contribution is 5.98.